The Morgan fingerprint density at radius 3 is 2.14 bits per heavy atom. The summed E-state index contributed by atoms with van der Waals surface area (Å²) in [4.78, 5) is 0. The molecule has 1 aliphatic heterocycles. The van der Waals surface area contributed by atoms with E-state index in [4.69, 9.17) is 0 Å². The highest BCUT2D eigenvalue weighted by molar-refractivity contribution is 5.64. The van der Waals surface area contributed by atoms with Gasteiger partial charge in [0, 0.05) is 17.6 Å². The van der Waals surface area contributed by atoms with E-state index in [9.17, 15) is 0 Å². The Hall–Kier alpha value is -2.54. The highest BCUT2D eigenvalue weighted by Crippen LogP contribution is 2.43. The Morgan fingerprint density at radius 2 is 1.36 bits per heavy atom. The molecule has 1 aliphatic rings. The molecule has 0 saturated heterocycles. The smallest absolute Gasteiger partial charge is 0.0435 e. The zero-order valence-corrected chi connectivity index (χ0v) is 12.5. The van der Waals surface area contributed by atoms with Crippen LogP contribution in [0.25, 0.3) is 0 Å². The first kappa shape index (κ1) is 13.1. The van der Waals surface area contributed by atoms with Gasteiger partial charge in [-0.3, -0.25) is 0 Å². The van der Waals surface area contributed by atoms with Crippen molar-refractivity contribution in [2.45, 2.75) is 11.8 Å². The summed E-state index contributed by atoms with van der Waals surface area (Å²) in [5.74, 6) is 0. The van der Waals surface area contributed by atoms with Crippen molar-refractivity contribution >= 4 is 5.69 Å². The minimum Gasteiger partial charge on any atom is -0.384 e. The Kier molecular flexibility index (Phi) is 3.19. The number of benzene rings is 3. The number of hydrogen-bond donors (Lipinski definition) is 1. The monoisotopic (exact) mass is 285 g/mol. The highest BCUT2D eigenvalue weighted by Gasteiger charge is 2.40. The molecule has 0 radical (unpaired) electrons. The van der Waals surface area contributed by atoms with E-state index in [1.54, 1.807) is 0 Å². The van der Waals surface area contributed by atoms with Crippen molar-refractivity contribution in [2.75, 3.05) is 11.9 Å². The first-order valence-electron chi connectivity index (χ1n) is 7.81. The Morgan fingerprint density at radius 1 is 0.727 bits per heavy atom. The Balaban J connectivity index is 1.87. The van der Waals surface area contributed by atoms with Crippen LogP contribution in [-0.2, 0) is 11.8 Å². The third-order valence-corrected chi connectivity index (χ3v) is 4.70. The zero-order valence-electron chi connectivity index (χ0n) is 12.5. The molecule has 0 aliphatic carbocycles. The van der Waals surface area contributed by atoms with Crippen molar-refractivity contribution in [3.05, 3.63) is 102 Å². The van der Waals surface area contributed by atoms with Gasteiger partial charge in [-0.05, 0) is 29.2 Å². The molecule has 1 N–H and O–H groups in total. The third-order valence-electron chi connectivity index (χ3n) is 4.70. The molecule has 0 bridgehead atoms. The molecule has 1 nitrogen and oxygen atoms in total. The molecule has 108 valence electrons. The van der Waals surface area contributed by atoms with E-state index in [1.165, 1.54) is 22.4 Å². The number of fused-ring (bicyclic) bond motifs is 1. The maximum atomic E-state index is 3.61. The van der Waals surface area contributed by atoms with Crippen LogP contribution in [-0.4, -0.2) is 6.54 Å². The number of anilines is 1. The summed E-state index contributed by atoms with van der Waals surface area (Å²) in [6.07, 6.45) is 1.02. The SMILES string of the molecule is c1ccc(CC2(c3ccccc3)CNc3ccccc32)cc1. The van der Waals surface area contributed by atoms with Gasteiger partial charge in [-0.15, -0.1) is 0 Å². The lowest BCUT2D eigenvalue weighted by Crippen LogP contribution is -2.32. The van der Waals surface area contributed by atoms with Gasteiger partial charge in [0.05, 0.1) is 0 Å². The summed E-state index contributed by atoms with van der Waals surface area (Å²) in [5, 5.41) is 3.61. The highest BCUT2D eigenvalue weighted by atomic mass is 14.9. The van der Waals surface area contributed by atoms with Gasteiger partial charge in [0.1, 0.15) is 0 Å². The summed E-state index contributed by atoms with van der Waals surface area (Å²) in [6, 6.07) is 30.4. The van der Waals surface area contributed by atoms with E-state index in [-0.39, 0.29) is 5.41 Å². The average molecular weight is 285 g/mol. The van der Waals surface area contributed by atoms with Crippen LogP contribution >= 0.6 is 0 Å². The van der Waals surface area contributed by atoms with Crippen LogP contribution in [0.5, 0.6) is 0 Å². The van der Waals surface area contributed by atoms with E-state index in [1.807, 2.05) is 0 Å². The molecule has 3 aromatic rings. The largest absolute Gasteiger partial charge is 0.384 e. The first-order chi connectivity index (χ1) is 10.9. The minimum absolute atomic E-state index is 0.0131. The van der Waals surface area contributed by atoms with E-state index < -0.39 is 0 Å². The fourth-order valence-corrected chi connectivity index (χ4v) is 3.61. The maximum absolute atomic E-state index is 3.61. The van der Waals surface area contributed by atoms with Crippen molar-refractivity contribution in [3.63, 3.8) is 0 Å². The lowest BCUT2D eigenvalue weighted by Gasteiger charge is -2.30. The van der Waals surface area contributed by atoms with Gasteiger partial charge in [0.2, 0.25) is 0 Å². The van der Waals surface area contributed by atoms with Gasteiger partial charge >= 0.3 is 0 Å². The van der Waals surface area contributed by atoms with Crippen molar-refractivity contribution in [1.82, 2.24) is 0 Å². The topological polar surface area (TPSA) is 12.0 Å². The second kappa shape index (κ2) is 5.34. The summed E-state index contributed by atoms with van der Waals surface area (Å²) < 4.78 is 0. The fraction of sp³-hybridized carbons (Fsp3) is 0.143. The molecule has 0 spiro atoms. The van der Waals surface area contributed by atoms with E-state index >= 15 is 0 Å². The lowest BCUT2D eigenvalue weighted by atomic mass is 9.72. The van der Waals surface area contributed by atoms with Crippen LogP contribution in [0.2, 0.25) is 0 Å². The molecule has 0 aromatic heterocycles. The number of para-hydroxylation sites is 1. The molecule has 22 heavy (non-hydrogen) atoms. The lowest BCUT2D eigenvalue weighted by molar-refractivity contribution is 0.564. The summed E-state index contributed by atoms with van der Waals surface area (Å²) >= 11 is 0. The van der Waals surface area contributed by atoms with Crippen LogP contribution in [0.15, 0.2) is 84.9 Å². The van der Waals surface area contributed by atoms with Crippen LogP contribution in [0.1, 0.15) is 16.7 Å². The van der Waals surface area contributed by atoms with Crippen LogP contribution < -0.4 is 5.32 Å². The molecule has 1 heterocycles. The summed E-state index contributed by atoms with van der Waals surface area (Å²) in [6.45, 7) is 0.950. The molecule has 1 atom stereocenters. The van der Waals surface area contributed by atoms with Gasteiger partial charge in [0.25, 0.3) is 0 Å². The van der Waals surface area contributed by atoms with Crippen LogP contribution in [0.3, 0.4) is 0 Å². The first-order valence-corrected chi connectivity index (χ1v) is 7.81. The van der Waals surface area contributed by atoms with Crippen molar-refractivity contribution in [3.8, 4) is 0 Å². The fourth-order valence-electron chi connectivity index (χ4n) is 3.61. The van der Waals surface area contributed by atoms with E-state index in [0.717, 1.165) is 13.0 Å². The average Bonchev–Trinajstić information content (AvgIpc) is 2.97. The predicted octanol–water partition coefficient (Wildman–Crippen LogP) is 4.64. The normalized spacial score (nSPS) is 19.5. The second-order valence-corrected chi connectivity index (χ2v) is 6.01. The molecular formula is C21H19N. The molecule has 1 unspecified atom stereocenters. The number of rotatable bonds is 3. The molecule has 4 rings (SSSR count). The Bertz CT molecular complexity index is 764. The van der Waals surface area contributed by atoms with Crippen LogP contribution in [0.4, 0.5) is 5.69 Å². The second-order valence-electron chi connectivity index (χ2n) is 6.01. The molecule has 0 fully saturated rings. The van der Waals surface area contributed by atoms with Crippen molar-refractivity contribution in [2.24, 2.45) is 0 Å². The predicted molar refractivity (Wildman–Crippen MR) is 92.3 cm³/mol. The molecule has 0 amide bonds. The standard InChI is InChI=1S/C21H19N/c1-3-9-17(10-4-1)15-21(18-11-5-2-6-12-18)16-22-20-14-8-7-13-19(20)21/h1-14,22H,15-16H2. The quantitative estimate of drug-likeness (QED) is 0.739. The Labute approximate surface area is 131 Å². The molecule has 0 saturated carbocycles. The van der Waals surface area contributed by atoms with Crippen molar-refractivity contribution in [1.29, 1.82) is 0 Å². The third kappa shape index (κ3) is 2.10. The van der Waals surface area contributed by atoms with E-state index in [0.29, 0.717) is 0 Å². The molecular weight excluding hydrogens is 266 g/mol. The minimum atomic E-state index is 0.0131. The van der Waals surface area contributed by atoms with Gasteiger partial charge in [0.15, 0.2) is 0 Å². The van der Waals surface area contributed by atoms with Gasteiger partial charge in [-0.2, -0.15) is 0 Å². The maximum Gasteiger partial charge on any atom is 0.0435 e. The van der Waals surface area contributed by atoms with Crippen LogP contribution in [0, 0.1) is 0 Å². The van der Waals surface area contributed by atoms with Gasteiger partial charge in [-0.25, -0.2) is 0 Å². The summed E-state index contributed by atoms with van der Waals surface area (Å²) in [7, 11) is 0. The van der Waals surface area contributed by atoms with Crippen molar-refractivity contribution < 1.29 is 0 Å². The zero-order chi connectivity index (χ0) is 14.8. The molecule has 1 heteroatoms. The molecule has 3 aromatic carbocycles. The number of nitrogens with one attached hydrogen (secondary N) is 1. The van der Waals surface area contributed by atoms with Gasteiger partial charge < -0.3 is 5.32 Å². The number of hydrogen-bond acceptors (Lipinski definition) is 1. The van der Waals surface area contributed by atoms with Gasteiger partial charge in [-0.1, -0.05) is 78.9 Å². The van der Waals surface area contributed by atoms with E-state index in [2.05, 4.69) is 90.2 Å². The summed E-state index contributed by atoms with van der Waals surface area (Å²) in [5.41, 5.74) is 5.45.